The van der Waals surface area contributed by atoms with E-state index in [1.54, 1.807) is 0 Å². The lowest BCUT2D eigenvalue weighted by molar-refractivity contribution is 0.289. The summed E-state index contributed by atoms with van der Waals surface area (Å²) in [6.07, 6.45) is 0.803. The van der Waals surface area contributed by atoms with Crippen molar-refractivity contribution in [2.24, 2.45) is 0 Å². The van der Waals surface area contributed by atoms with E-state index in [4.69, 9.17) is 5.11 Å². The fourth-order valence-electron chi connectivity index (χ4n) is 2.01. The zero-order valence-corrected chi connectivity index (χ0v) is 13.7. The molecule has 0 heterocycles. The number of rotatable bonds is 8. The van der Waals surface area contributed by atoms with Crippen molar-refractivity contribution in [3.8, 4) is 0 Å². The average Bonchev–Trinajstić information content (AvgIpc) is 2.38. The van der Waals surface area contributed by atoms with E-state index in [0.717, 1.165) is 30.5 Å². The van der Waals surface area contributed by atoms with Crippen LogP contribution >= 0.6 is 15.9 Å². The van der Waals surface area contributed by atoms with Gasteiger partial charge in [-0.1, -0.05) is 35.8 Å². The first-order chi connectivity index (χ1) is 9.08. The molecule has 2 N–H and O–H groups in total. The molecule has 1 rings (SSSR count). The molecule has 0 saturated heterocycles. The summed E-state index contributed by atoms with van der Waals surface area (Å²) in [5.41, 5.74) is 2.55. The molecule has 0 aliphatic carbocycles. The van der Waals surface area contributed by atoms with Crippen molar-refractivity contribution in [2.75, 3.05) is 24.6 Å². The summed E-state index contributed by atoms with van der Waals surface area (Å²) >= 11 is 3.55. The topological polar surface area (TPSA) is 35.5 Å². The molecular weight excluding hydrogens is 304 g/mol. The van der Waals surface area contributed by atoms with Gasteiger partial charge in [-0.15, -0.1) is 0 Å². The Bertz CT molecular complexity index is 382. The van der Waals surface area contributed by atoms with E-state index in [2.05, 4.69) is 65.1 Å². The summed E-state index contributed by atoms with van der Waals surface area (Å²) in [6.45, 7) is 9.41. The van der Waals surface area contributed by atoms with Crippen molar-refractivity contribution in [1.82, 2.24) is 5.32 Å². The molecule has 0 aliphatic heterocycles. The number of aliphatic hydroxyl groups excluding tert-OH is 1. The van der Waals surface area contributed by atoms with Crippen LogP contribution in [-0.2, 0) is 6.54 Å². The van der Waals surface area contributed by atoms with Crippen molar-refractivity contribution in [1.29, 1.82) is 0 Å². The maximum absolute atomic E-state index is 9.01. The molecule has 0 fully saturated rings. The van der Waals surface area contributed by atoms with Crippen molar-refractivity contribution >= 4 is 21.6 Å². The molecule has 1 aromatic carbocycles. The van der Waals surface area contributed by atoms with Crippen LogP contribution in [-0.4, -0.2) is 30.8 Å². The molecule has 0 saturated carbocycles. The lowest BCUT2D eigenvalue weighted by Crippen LogP contribution is -2.28. The first kappa shape index (κ1) is 16.5. The van der Waals surface area contributed by atoms with Crippen molar-refractivity contribution in [3.63, 3.8) is 0 Å². The molecule has 0 radical (unpaired) electrons. The van der Waals surface area contributed by atoms with Gasteiger partial charge >= 0.3 is 0 Å². The van der Waals surface area contributed by atoms with E-state index in [9.17, 15) is 0 Å². The monoisotopic (exact) mass is 328 g/mol. The van der Waals surface area contributed by atoms with Gasteiger partial charge in [-0.05, 0) is 31.0 Å². The molecule has 0 atom stereocenters. The Kier molecular flexibility index (Phi) is 7.42. The molecule has 3 nitrogen and oxygen atoms in total. The van der Waals surface area contributed by atoms with Gasteiger partial charge in [0, 0.05) is 42.4 Å². The van der Waals surface area contributed by atoms with Gasteiger partial charge in [0.05, 0.1) is 0 Å². The minimum atomic E-state index is 0.240. The third-order valence-corrected chi connectivity index (χ3v) is 3.55. The van der Waals surface area contributed by atoms with Crippen molar-refractivity contribution < 1.29 is 5.11 Å². The number of nitrogens with one attached hydrogen (secondary N) is 1. The van der Waals surface area contributed by atoms with Crippen LogP contribution in [0.25, 0.3) is 0 Å². The standard InChI is InChI=1S/C15H25BrN2O/c1-4-18(8-5-9-19)15-10-14(16)7-6-13(15)11-17-12(2)3/h6-7,10,12,17,19H,4-5,8-9,11H2,1-3H3. The summed E-state index contributed by atoms with van der Waals surface area (Å²) < 4.78 is 1.10. The summed E-state index contributed by atoms with van der Waals surface area (Å²) in [4.78, 5) is 2.32. The number of halogens is 1. The highest BCUT2D eigenvalue weighted by atomic mass is 79.9. The van der Waals surface area contributed by atoms with Crippen LogP contribution in [0.5, 0.6) is 0 Å². The molecule has 4 heteroatoms. The molecule has 0 bridgehead atoms. The Morgan fingerprint density at radius 2 is 2.11 bits per heavy atom. The van der Waals surface area contributed by atoms with E-state index in [1.165, 1.54) is 11.3 Å². The summed E-state index contributed by atoms with van der Waals surface area (Å²) in [7, 11) is 0. The molecular formula is C15H25BrN2O. The van der Waals surface area contributed by atoms with Crippen LogP contribution in [0.15, 0.2) is 22.7 Å². The average molecular weight is 329 g/mol. The van der Waals surface area contributed by atoms with Crippen LogP contribution in [0.3, 0.4) is 0 Å². The van der Waals surface area contributed by atoms with Gasteiger partial charge in [-0.2, -0.15) is 0 Å². The molecule has 108 valence electrons. The minimum Gasteiger partial charge on any atom is -0.396 e. The predicted molar refractivity (Wildman–Crippen MR) is 85.7 cm³/mol. The lowest BCUT2D eigenvalue weighted by Gasteiger charge is -2.26. The smallest absolute Gasteiger partial charge is 0.0447 e. The number of hydrogen-bond acceptors (Lipinski definition) is 3. The first-order valence-corrected chi connectivity index (χ1v) is 7.75. The Labute approximate surface area is 125 Å². The van der Waals surface area contributed by atoms with Crippen molar-refractivity contribution in [3.05, 3.63) is 28.2 Å². The quantitative estimate of drug-likeness (QED) is 0.769. The summed E-state index contributed by atoms with van der Waals surface area (Å²) in [5.74, 6) is 0. The summed E-state index contributed by atoms with van der Waals surface area (Å²) in [5, 5.41) is 12.5. The highest BCUT2D eigenvalue weighted by molar-refractivity contribution is 9.10. The SMILES string of the molecule is CCN(CCCO)c1cc(Br)ccc1CNC(C)C. The second-order valence-electron chi connectivity index (χ2n) is 4.97. The lowest BCUT2D eigenvalue weighted by atomic mass is 10.1. The molecule has 0 spiro atoms. The maximum atomic E-state index is 9.01. The van der Waals surface area contributed by atoms with Crippen LogP contribution in [0.2, 0.25) is 0 Å². The number of benzene rings is 1. The van der Waals surface area contributed by atoms with Gasteiger partial charge < -0.3 is 15.3 Å². The minimum absolute atomic E-state index is 0.240. The third kappa shape index (κ3) is 5.51. The zero-order chi connectivity index (χ0) is 14.3. The molecule has 0 aromatic heterocycles. The highest BCUT2D eigenvalue weighted by Gasteiger charge is 2.10. The Morgan fingerprint density at radius 3 is 2.68 bits per heavy atom. The molecule has 0 aliphatic rings. The molecule has 1 aromatic rings. The van der Waals surface area contributed by atoms with Crippen molar-refractivity contribution in [2.45, 2.75) is 39.8 Å². The van der Waals surface area contributed by atoms with Gasteiger partial charge in [-0.3, -0.25) is 0 Å². The highest BCUT2D eigenvalue weighted by Crippen LogP contribution is 2.25. The zero-order valence-electron chi connectivity index (χ0n) is 12.1. The van der Waals surface area contributed by atoms with Gasteiger partial charge in [0.25, 0.3) is 0 Å². The number of hydrogen-bond donors (Lipinski definition) is 2. The largest absolute Gasteiger partial charge is 0.396 e. The Hall–Kier alpha value is -0.580. The van der Waals surface area contributed by atoms with Gasteiger partial charge in [-0.25, -0.2) is 0 Å². The van der Waals surface area contributed by atoms with E-state index in [0.29, 0.717) is 6.04 Å². The fraction of sp³-hybridized carbons (Fsp3) is 0.600. The normalized spacial score (nSPS) is 11.1. The first-order valence-electron chi connectivity index (χ1n) is 6.96. The number of anilines is 1. The van der Waals surface area contributed by atoms with Crippen LogP contribution in [0.4, 0.5) is 5.69 Å². The fourth-order valence-corrected chi connectivity index (χ4v) is 2.35. The van der Waals surface area contributed by atoms with Crippen LogP contribution in [0, 0.1) is 0 Å². The van der Waals surface area contributed by atoms with Gasteiger partial charge in [0.1, 0.15) is 0 Å². The summed E-state index contributed by atoms with van der Waals surface area (Å²) in [6, 6.07) is 6.89. The Morgan fingerprint density at radius 1 is 1.37 bits per heavy atom. The second-order valence-corrected chi connectivity index (χ2v) is 5.88. The second kappa shape index (κ2) is 8.56. The third-order valence-electron chi connectivity index (χ3n) is 3.06. The van der Waals surface area contributed by atoms with Crippen LogP contribution in [0.1, 0.15) is 32.8 Å². The molecule has 0 unspecified atom stereocenters. The molecule has 19 heavy (non-hydrogen) atoms. The predicted octanol–water partition coefficient (Wildman–Crippen LogP) is 3.16. The van der Waals surface area contributed by atoms with Crippen LogP contribution < -0.4 is 10.2 Å². The van der Waals surface area contributed by atoms with E-state index in [1.807, 2.05) is 0 Å². The maximum Gasteiger partial charge on any atom is 0.0447 e. The van der Waals surface area contributed by atoms with E-state index < -0.39 is 0 Å². The number of aliphatic hydroxyl groups is 1. The van der Waals surface area contributed by atoms with Gasteiger partial charge in [0.15, 0.2) is 0 Å². The molecule has 0 amide bonds. The Balaban J connectivity index is 2.90. The van der Waals surface area contributed by atoms with E-state index >= 15 is 0 Å². The van der Waals surface area contributed by atoms with Gasteiger partial charge in [0.2, 0.25) is 0 Å². The van der Waals surface area contributed by atoms with E-state index in [-0.39, 0.29) is 6.61 Å². The number of nitrogens with zero attached hydrogens (tertiary/aromatic N) is 1.